The summed E-state index contributed by atoms with van der Waals surface area (Å²) in [5.74, 6) is -0.364. The van der Waals surface area contributed by atoms with Gasteiger partial charge in [0.2, 0.25) is 0 Å². The number of rotatable bonds is 2. The molecule has 0 radical (unpaired) electrons. The fourth-order valence-electron chi connectivity index (χ4n) is 2.20. The Kier molecular flexibility index (Phi) is 4.65. The number of carbonyl (C=O) groups excluding carboxylic acids is 1. The molecule has 108 valence electrons. The van der Waals surface area contributed by atoms with Crippen molar-refractivity contribution in [2.75, 3.05) is 18.4 Å². The van der Waals surface area contributed by atoms with Gasteiger partial charge >= 0.3 is 12.0 Å². The van der Waals surface area contributed by atoms with Crippen LogP contribution in [0.4, 0.5) is 10.5 Å². The molecule has 6 heteroatoms. The summed E-state index contributed by atoms with van der Waals surface area (Å²) in [6, 6.07) is 4.47. The maximum atomic E-state index is 12.1. The summed E-state index contributed by atoms with van der Waals surface area (Å²) in [6.07, 6.45) is 2.01. The van der Waals surface area contributed by atoms with Crippen LogP contribution in [0, 0.1) is 5.92 Å². The number of likely N-dealkylation sites (tertiary alicyclic amines) is 1. The van der Waals surface area contributed by atoms with Crippen molar-refractivity contribution in [3.63, 3.8) is 0 Å². The van der Waals surface area contributed by atoms with E-state index in [9.17, 15) is 9.59 Å². The van der Waals surface area contributed by atoms with Gasteiger partial charge < -0.3 is 15.3 Å². The Labute approximate surface area is 126 Å². The average Bonchev–Trinajstić information content (AvgIpc) is 2.38. The van der Waals surface area contributed by atoms with Gasteiger partial charge in [0.05, 0.1) is 5.56 Å². The summed E-state index contributed by atoms with van der Waals surface area (Å²) in [4.78, 5) is 24.9. The highest BCUT2D eigenvalue weighted by Crippen LogP contribution is 2.21. The van der Waals surface area contributed by atoms with E-state index in [0.717, 1.165) is 25.9 Å². The molecule has 5 nitrogen and oxygen atoms in total. The molecule has 1 heterocycles. The first-order chi connectivity index (χ1) is 9.45. The predicted octanol–water partition coefficient (Wildman–Crippen LogP) is 3.41. The zero-order chi connectivity index (χ0) is 14.7. The summed E-state index contributed by atoms with van der Waals surface area (Å²) in [5, 5.41) is 11.8. The molecule has 0 atom stereocenters. The SMILES string of the molecule is CC1CCN(C(=O)Nc2cc(Br)cc(C(=O)O)c2)CC1. The molecule has 0 aliphatic carbocycles. The molecule has 1 saturated heterocycles. The van der Waals surface area contributed by atoms with Gasteiger partial charge in [-0.25, -0.2) is 9.59 Å². The third kappa shape index (κ3) is 3.72. The number of nitrogens with zero attached hydrogens (tertiary/aromatic N) is 1. The molecule has 0 saturated carbocycles. The number of piperidine rings is 1. The van der Waals surface area contributed by atoms with E-state index in [2.05, 4.69) is 28.2 Å². The molecule has 0 unspecified atom stereocenters. The van der Waals surface area contributed by atoms with Crippen LogP contribution in [-0.2, 0) is 0 Å². The minimum absolute atomic E-state index is 0.141. The van der Waals surface area contributed by atoms with Crippen molar-refractivity contribution >= 4 is 33.6 Å². The van der Waals surface area contributed by atoms with Gasteiger partial charge in [-0.05, 0) is 37.0 Å². The second-order valence-corrected chi connectivity index (χ2v) is 6.05. The number of benzene rings is 1. The van der Waals surface area contributed by atoms with Crippen molar-refractivity contribution in [3.8, 4) is 0 Å². The molecule has 0 bridgehead atoms. The molecule has 2 rings (SSSR count). The molecular formula is C14H17BrN2O3. The highest BCUT2D eigenvalue weighted by molar-refractivity contribution is 9.10. The molecular weight excluding hydrogens is 324 g/mol. The normalized spacial score (nSPS) is 16.0. The third-order valence-electron chi connectivity index (χ3n) is 3.47. The predicted molar refractivity (Wildman–Crippen MR) is 80.1 cm³/mol. The standard InChI is InChI=1S/C14H17BrN2O3/c1-9-2-4-17(5-3-9)14(20)16-12-7-10(13(18)19)6-11(15)8-12/h6-9H,2-5H2,1H3,(H,16,20)(H,18,19). The van der Waals surface area contributed by atoms with Crippen LogP contribution in [0.3, 0.4) is 0 Å². The number of hydrogen-bond donors (Lipinski definition) is 2. The summed E-state index contributed by atoms with van der Waals surface area (Å²) < 4.78 is 0.625. The van der Waals surface area contributed by atoms with E-state index in [1.165, 1.54) is 12.1 Å². The van der Waals surface area contributed by atoms with Crippen LogP contribution in [-0.4, -0.2) is 35.1 Å². The average molecular weight is 341 g/mol. The smallest absolute Gasteiger partial charge is 0.335 e. The second-order valence-electron chi connectivity index (χ2n) is 5.13. The van der Waals surface area contributed by atoms with Crippen molar-refractivity contribution in [2.45, 2.75) is 19.8 Å². The van der Waals surface area contributed by atoms with Gasteiger partial charge in [0.15, 0.2) is 0 Å². The van der Waals surface area contributed by atoms with Crippen LogP contribution in [0.1, 0.15) is 30.1 Å². The summed E-state index contributed by atoms with van der Waals surface area (Å²) in [5.41, 5.74) is 0.627. The minimum Gasteiger partial charge on any atom is -0.478 e. The third-order valence-corrected chi connectivity index (χ3v) is 3.92. The van der Waals surface area contributed by atoms with Gasteiger partial charge in [0.25, 0.3) is 0 Å². The summed E-state index contributed by atoms with van der Waals surface area (Å²) in [6.45, 7) is 3.67. The Balaban J connectivity index is 2.06. The Morgan fingerprint density at radius 3 is 2.55 bits per heavy atom. The van der Waals surface area contributed by atoms with Crippen molar-refractivity contribution in [1.82, 2.24) is 4.90 Å². The number of nitrogens with one attached hydrogen (secondary N) is 1. The quantitative estimate of drug-likeness (QED) is 0.866. The molecule has 0 spiro atoms. The molecule has 1 aromatic carbocycles. The van der Waals surface area contributed by atoms with Crippen molar-refractivity contribution in [2.24, 2.45) is 5.92 Å². The van der Waals surface area contributed by atoms with Crippen molar-refractivity contribution in [1.29, 1.82) is 0 Å². The molecule has 1 aromatic rings. The van der Waals surface area contributed by atoms with Gasteiger partial charge in [-0.2, -0.15) is 0 Å². The fourth-order valence-corrected chi connectivity index (χ4v) is 2.69. The van der Waals surface area contributed by atoms with E-state index in [-0.39, 0.29) is 11.6 Å². The van der Waals surface area contributed by atoms with Gasteiger partial charge in [0.1, 0.15) is 0 Å². The van der Waals surface area contributed by atoms with E-state index in [1.54, 1.807) is 11.0 Å². The molecule has 2 amide bonds. The molecule has 20 heavy (non-hydrogen) atoms. The molecule has 1 aliphatic rings. The largest absolute Gasteiger partial charge is 0.478 e. The Bertz CT molecular complexity index is 525. The van der Waals surface area contributed by atoms with E-state index in [1.807, 2.05) is 0 Å². The number of amides is 2. The number of halogens is 1. The maximum Gasteiger partial charge on any atom is 0.335 e. The van der Waals surface area contributed by atoms with Gasteiger partial charge in [-0.1, -0.05) is 22.9 Å². The number of carboxylic acids is 1. The van der Waals surface area contributed by atoms with Crippen LogP contribution in [0.25, 0.3) is 0 Å². The highest BCUT2D eigenvalue weighted by atomic mass is 79.9. The Hall–Kier alpha value is -1.56. The van der Waals surface area contributed by atoms with Gasteiger partial charge in [-0.15, -0.1) is 0 Å². The highest BCUT2D eigenvalue weighted by Gasteiger charge is 2.20. The summed E-state index contributed by atoms with van der Waals surface area (Å²) >= 11 is 3.25. The number of anilines is 1. The zero-order valence-corrected chi connectivity index (χ0v) is 12.8. The molecule has 1 fully saturated rings. The maximum absolute atomic E-state index is 12.1. The first kappa shape index (κ1) is 14.8. The summed E-state index contributed by atoms with van der Waals surface area (Å²) in [7, 11) is 0. The van der Waals surface area contributed by atoms with Crippen LogP contribution in [0.15, 0.2) is 22.7 Å². The number of aromatic carboxylic acids is 1. The molecule has 0 aromatic heterocycles. The van der Waals surface area contributed by atoms with Crippen LogP contribution < -0.4 is 5.32 Å². The van der Waals surface area contributed by atoms with Crippen molar-refractivity contribution in [3.05, 3.63) is 28.2 Å². The fraction of sp³-hybridized carbons (Fsp3) is 0.429. The van der Waals surface area contributed by atoms with E-state index < -0.39 is 5.97 Å². The Morgan fingerprint density at radius 2 is 1.95 bits per heavy atom. The van der Waals surface area contributed by atoms with Gasteiger partial charge in [0, 0.05) is 23.2 Å². The first-order valence-electron chi connectivity index (χ1n) is 6.55. The van der Waals surface area contributed by atoms with E-state index in [4.69, 9.17) is 5.11 Å². The first-order valence-corrected chi connectivity index (χ1v) is 7.35. The molecule has 2 N–H and O–H groups in total. The zero-order valence-electron chi connectivity index (χ0n) is 11.2. The number of hydrogen-bond acceptors (Lipinski definition) is 2. The van der Waals surface area contributed by atoms with Crippen LogP contribution >= 0.6 is 15.9 Å². The van der Waals surface area contributed by atoms with Crippen LogP contribution in [0.5, 0.6) is 0 Å². The van der Waals surface area contributed by atoms with Gasteiger partial charge in [-0.3, -0.25) is 0 Å². The lowest BCUT2D eigenvalue weighted by Crippen LogP contribution is -2.40. The monoisotopic (exact) mass is 340 g/mol. The van der Waals surface area contributed by atoms with E-state index in [0.29, 0.717) is 16.1 Å². The van der Waals surface area contributed by atoms with E-state index >= 15 is 0 Å². The lowest BCUT2D eigenvalue weighted by Gasteiger charge is -2.30. The lowest BCUT2D eigenvalue weighted by atomic mass is 10.00. The topological polar surface area (TPSA) is 69.6 Å². The molecule has 1 aliphatic heterocycles. The van der Waals surface area contributed by atoms with Crippen LogP contribution in [0.2, 0.25) is 0 Å². The number of carbonyl (C=O) groups is 2. The number of urea groups is 1. The second kappa shape index (κ2) is 6.26. The minimum atomic E-state index is -1.02. The lowest BCUT2D eigenvalue weighted by molar-refractivity contribution is 0.0696. The Morgan fingerprint density at radius 1 is 1.30 bits per heavy atom. The van der Waals surface area contributed by atoms with Crippen molar-refractivity contribution < 1.29 is 14.7 Å². The number of carboxylic acid groups (broad SMARTS) is 1.